The summed E-state index contributed by atoms with van der Waals surface area (Å²) in [5.74, 6) is -1.45. The minimum absolute atomic E-state index is 0.0726. The van der Waals surface area contributed by atoms with Crippen molar-refractivity contribution in [2.75, 3.05) is 5.32 Å². The van der Waals surface area contributed by atoms with E-state index in [0.29, 0.717) is 11.3 Å². The molecule has 26 heavy (non-hydrogen) atoms. The molecule has 3 N–H and O–H groups in total. The summed E-state index contributed by atoms with van der Waals surface area (Å²) in [4.78, 5) is 12.3. The number of benzene rings is 2. The number of aromatic hydroxyl groups is 2. The highest BCUT2D eigenvalue weighted by atomic mass is 35.5. The van der Waals surface area contributed by atoms with Crippen LogP contribution in [-0.4, -0.2) is 16.1 Å². The van der Waals surface area contributed by atoms with Crippen LogP contribution in [0.4, 0.5) is 5.69 Å². The number of aryl methyl sites for hydroxylation is 1. The molecular weight excluding hydrogens is 352 g/mol. The molecule has 0 bridgehead atoms. The number of nitrogens with zero attached hydrogens (tertiary/aromatic N) is 1. The third-order valence-corrected chi connectivity index (χ3v) is 4.06. The van der Waals surface area contributed by atoms with Gasteiger partial charge >= 0.3 is 0 Å². The second-order valence-corrected chi connectivity index (χ2v) is 6.20. The fourth-order valence-corrected chi connectivity index (χ4v) is 2.56. The number of halogens is 1. The molecule has 0 aliphatic heterocycles. The van der Waals surface area contributed by atoms with E-state index in [1.54, 1.807) is 12.1 Å². The summed E-state index contributed by atoms with van der Waals surface area (Å²) in [6, 6.07) is 11.9. The number of carbonyl (C=O) groups excluding carboxylic acids is 1. The number of nitrogens with one attached hydrogen (secondary N) is 1. The number of phenolic OH excluding ortho intramolecular Hbond substituents is 2. The van der Waals surface area contributed by atoms with E-state index in [9.17, 15) is 20.3 Å². The summed E-state index contributed by atoms with van der Waals surface area (Å²) in [5.41, 5.74) is 1.95. The highest BCUT2D eigenvalue weighted by Gasteiger charge is 2.12. The molecule has 2 aromatic rings. The smallest absolute Gasteiger partial charge is 0.266 e. The van der Waals surface area contributed by atoms with E-state index in [-0.39, 0.29) is 10.6 Å². The van der Waals surface area contributed by atoms with E-state index in [1.807, 2.05) is 18.2 Å². The van der Waals surface area contributed by atoms with Crippen molar-refractivity contribution >= 4 is 29.3 Å². The first-order valence-electron chi connectivity index (χ1n) is 8.18. The van der Waals surface area contributed by atoms with Gasteiger partial charge in [0, 0.05) is 5.69 Å². The van der Waals surface area contributed by atoms with E-state index in [2.05, 4.69) is 12.2 Å². The maximum atomic E-state index is 12.3. The van der Waals surface area contributed by atoms with Crippen LogP contribution in [0, 0.1) is 11.3 Å². The number of phenols is 2. The molecule has 0 saturated carbocycles. The number of nitriles is 1. The molecule has 0 atom stereocenters. The Morgan fingerprint density at radius 2 is 1.96 bits per heavy atom. The fraction of sp³-hybridized carbons (Fsp3) is 0.200. The van der Waals surface area contributed by atoms with Gasteiger partial charge in [-0.3, -0.25) is 4.79 Å². The van der Waals surface area contributed by atoms with Crippen molar-refractivity contribution in [2.24, 2.45) is 0 Å². The van der Waals surface area contributed by atoms with Crippen LogP contribution >= 0.6 is 11.6 Å². The lowest BCUT2D eigenvalue weighted by Crippen LogP contribution is -2.13. The van der Waals surface area contributed by atoms with Crippen LogP contribution in [0.1, 0.15) is 30.9 Å². The fourth-order valence-electron chi connectivity index (χ4n) is 2.34. The third-order valence-electron chi connectivity index (χ3n) is 3.77. The zero-order valence-electron chi connectivity index (χ0n) is 14.3. The zero-order chi connectivity index (χ0) is 19.1. The molecule has 0 fully saturated rings. The van der Waals surface area contributed by atoms with Crippen LogP contribution in [-0.2, 0) is 11.2 Å². The van der Waals surface area contributed by atoms with Crippen molar-refractivity contribution in [1.82, 2.24) is 0 Å². The van der Waals surface area contributed by atoms with Crippen molar-refractivity contribution in [1.29, 1.82) is 5.26 Å². The molecule has 0 aliphatic rings. The van der Waals surface area contributed by atoms with E-state index in [0.717, 1.165) is 19.3 Å². The van der Waals surface area contributed by atoms with Gasteiger partial charge in [0.1, 0.15) is 11.6 Å². The van der Waals surface area contributed by atoms with Crippen molar-refractivity contribution < 1.29 is 15.0 Å². The monoisotopic (exact) mass is 370 g/mol. The molecule has 6 heteroatoms. The second kappa shape index (κ2) is 8.93. The van der Waals surface area contributed by atoms with E-state index < -0.39 is 17.4 Å². The van der Waals surface area contributed by atoms with E-state index in [4.69, 9.17) is 11.6 Å². The Morgan fingerprint density at radius 3 is 2.54 bits per heavy atom. The average molecular weight is 371 g/mol. The van der Waals surface area contributed by atoms with Gasteiger partial charge in [-0.15, -0.1) is 0 Å². The Bertz CT molecular complexity index is 845. The van der Waals surface area contributed by atoms with Gasteiger partial charge in [-0.1, -0.05) is 37.1 Å². The molecule has 0 unspecified atom stereocenters. The molecule has 0 saturated heterocycles. The number of carbonyl (C=O) groups is 1. The van der Waals surface area contributed by atoms with E-state index >= 15 is 0 Å². The molecule has 134 valence electrons. The van der Waals surface area contributed by atoms with Gasteiger partial charge in [0.05, 0.1) is 5.02 Å². The molecule has 0 aliphatic carbocycles. The van der Waals surface area contributed by atoms with E-state index in [1.165, 1.54) is 23.8 Å². The molecule has 0 aromatic heterocycles. The Morgan fingerprint density at radius 1 is 1.27 bits per heavy atom. The molecule has 0 spiro atoms. The number of anilines is 1. The molecule has 2 rings (SSSR count). The first-order valence-corrected chi connectivity index (χ1v) is 8.56. The summed E-state index contributed by atoms with van der Waals surface area (Å²) in [6.07, 6.45) is 4.50. The van der Waals surface area contributed by atoms with Gasteiger partial charge in [-0.2, -0.15) is 5.26 Å². The van der Waals surface area contributed by atoms with Crippen LogP contribution in [0.3, 0.4) is 0 Å². The summed E-state index contributed by atoms with van der Waals surface area (Å²) >= 11 is 5.78. The van der Waals surface area contributed by atoms with Crippen LogP contribution in [0.2, 0.25) is 5.02 Å². The predicted octanol–water partition coefficient (Wildman–Crippen LogP) is 4.64. The maximum Gasteiger partial charge on any atom is 0.266 e. The number of amides is 1. The van der Waals surface area contributed by atoms with Gasteiger partial charge in [0.2, 0.25) is 0 Å². The lowest BCUT2D eigenvalue weighted by molar-refractivity contribution is -0.112. The first kappa shape index (κ1) is 19.4. The minimum Gasteiger partial charge on any atom is -0.504 e. The van der Waals surface area contributed by atoms with Gasteiger partial charge in [-0.05, 0) is 54.3 Å². The summed E-state index contributed by atoms with van der Waals surface area (Å²) in [7, 11) is 0. The third kappa shape index (κ3) is 5.01. The molecule has 0 radical (unpaired) electrons. The lowest BCUT2D eigenvalue weighted by atomic mass is 10.1. The topological polar surface area (TPSA) is 93.4 Å². The number of unbranched alkanes of at least 4 members (excludes halogenated alkanes) is 1. The zero-order valence-corrected chi connectivity index (χ0v) is 15.0. The molecule has 0 heterocycles. The Balaban J connectivity index is 2.15. The maximum absolute atomic E-state index is 12.3. The number of hydrogen-bond donors (Lipinski definition) is 3. The van der Waals surface area contributed by atoms with Gasteiger partial charge in [-0.25, -0.2) is 0 Å². The predicted molar refractivity (Wildman–Crippen MR) is 102 cm³/mol. The Hall–Kier alpha value is -2.97. The normalized spacial score (nSPS) is 11.0. The largest absolute Gasteiger partial charge is 0.504 e. The van der Waals surface area contributed by atoms with Gasteiger partial charge < -0.3 is 15.5 Å². The van der Waals surface area contributed by atoms with Crippen molar-refractivity contribution in [3.05, 3.63) is 58.1 Å². The standard InChI is InChI=1S/C20H19ClN2O3/c1-2-3-4-13-5-7-16(8-6-13)23-20(26)15(12-22)9-14-10-17(21)19(25)18(24)11-14/h5-11,24-25H,2-4H2,1H3,(H,23,26)/b15-9+. The minimum atomic E-state index is -0.572. The van der Waals surface area contributed by atoms with Crippen molar-refractivity contribution in [3.63, 3.8) is 0 Å². The molecular formula is C20H19ClN2O3. The number of hydrogen-bond acceptors (Lipinski definition) is 4. The second-order valence-electron chi connectivity index (χ2n) is 5.79. The Labute approximate surface area is 157 Å². The highest BCUT2D eigenvalue weighted by molar-refractivity contribution is 6.32. The lowest BCUT2D eigenvalue weighted by Gasteiger charge is -2.07. The van der Waals surface area contributed by atoms with Crippen LogP contribution in [0.15, 0.2) is 42.0 Å². The molecule has 5 nitrogen and oxygen atoms in total. The quantitative estimate of drug-likeness (QED) is 0.392. The summed E-state index contributed by atoms with van der Waals surface area (Å²) in [5, 5.41) is 30.9. The van der Waals surface area contributed by atoms with Crippen molar-refractivity contribution in [2.45, 2.75) is 26.2 Å². The Kier molecular flexibility index (Phi) is 6.65. The van der Waals surface area contributed by atoms with Gasteiger partial charge in [0.15, 0.2) is 11.5 Å². The van der Waals surface area contributed by atoms with Gasteiger partial charge in [0.25, 0.3) is 5.91 Å². The molecule has 1 amide bonds. The van der Waals surface area contributed by atoms with Crippen molar-refractivity contribution in [3.8, 4) is 17.6 Å². The van der Waals surface area contributed by atoms with Crippen LogP contribution in [0.25, 0.3) is 6.08 Å². The number of rotatable bonds is 6. The van der Waals surface area contributed by atoms with Crippen LogP contribution in [0.5, 0.6) is 11.5 Å². The first-order chi connectivity index (χ1) is 12.4. The SMILES string of the molecule is CCCCc1ccc(NC(=O)/C(C#N)=C/c2cc(O)c(O)c(Cl)c2)cc1. The molecule has 2 aromatic carbocycles. The summed E-state index contributed by atoms with van der Waals surface area (Å²) < 4.78 is 0. The van der Waals surface area contributed by atoms with Crippen LogP contribution < -0.4 is 5.32 Å². The summed E-state index contributed by atoms with van der Waals surface area (Å²) in [6.45, 7) is 2.13. The highest BCUT2D eigenvalue weighted by Crippen LogP contribution is 2.34. The average Bonchev–Trinajstić information content (AvgIpc) is 2.63.